The van der Waals surface area contributed by atoms with Gasteiger partial charge in [0.25, 0.3) is 5.91 Å². The molecule has 7 heteroatoms. The number of benzene rings is 1. The molecule has 0 radical (unpaired) electrons. The monoisotopic (exact) mass is 376 g/mol. The molecule has 7 nitrogen and oxygen atoms in total. The van der Waals surface area contributed by atoms with E-state index in [-0.39, 0.29) is 19.1 Å². The third-order valence-corrected chi connectivity index (χ3v) is 5.48. The highest BCUT2D eigenvalue weighted by atomic mass is 16.6. The number of carbonyl (C=O) groups is 1. The first-order chi connectivity index (χ1) is 13.0. The normalized spacial score (nSPS) is 26.1. The SMILES string of the molecule is Cc1cc2c(cc1C(=O)N1CCOCC(O)(CN3CCCC3)C1)OCCO2. The Bertz CT molecular complexity index is 704. The van der Waals surface area contributed by atoms with Crippen LogP contribution in [0.2, 0.25) is 0 Å². The van der Waals surface area contributed by atoms with Gasteiger partial charge in [0.15, 0.2) is 11.5 Å². The van der Waals surface area contributed by atoms with Crippen LogP contribution in [0.3, 0.4) is 0 Å². The number of likely N-dealkylation sites (tertiary alicyclic amines) is 1. The van der Waals surface area contributed by atoms with Gasteiger partial charge in [0.2, 0.25) is 0 Å². The first kappa shape index (κ1) is 18.5. The molecule has 148 valence electrons. The number of rotatable bonds is 3. The van der Waals surface area contributed by atoms with Gasteiger partial charge >= 0.3 is 0 Å². The fourth-order valence-electron chi connectivity index (χ4n) is 4.13. The molecule has 3 aliphatic rings. The molecule has 3 aliphatic heterocycles. The zero-order chi connectivity index (χ0) is 18.9. The lowest BCUT2D eigenvalue weighted by molar-refractivity contribution is -0.0524. The summed E-state index contributed by atoms with van der Waals surface area (Å²) >= 11 is 0. The predicted octanol–water partition coefficient (Wildman–Crippen LogP) is 1.07. The molecule has 1 unspecified atom stereocenters. The van der Waals surface area contributed by atoms with Gasteiger partial charge in [0.1, 0.15) is 18.8 Å². The standard InChI is InChI=1S/C20H28N2O5/c1-15-10-17-18(27-9-8-26-17)11-16(15)19(23)22-6-7-25-14-20(24,13-22)12-21-4-2-3-5-21/h10-11,24H,2-9,12-14H2,1H3. The Morgan fingerprint density at radius 1 is 1.11 bits per heavy atom. The largest absolute Gasteiger partial charge is 0.486 e. The molecular formula is C20H28N2O5. The van der Waals surface area contributed by atoms with E-state index in [0.29, 0.717) is 50.0 Å². The van der Waals surface area contributed by atoms with Crippen molar-refractivity contribution in [2.24, 2.45) is 0 Å². The highest BCUT2D eigenvalue weighted by Gasteiger charge is 2.37. The Kier molecular flexibility index (Phi) is 5.25. The fraction of sp³-hybridized carbons (Fsp3) is 0.650. The van der Waals surface area contributed by atoms with Gasteiger partial charge in [-0.05, 0) is 50.6 Å². The Balaban J connectivity index is 1.53. The van der Waals surface area contributed by atoms with Crippen LogP contribution < -0.4 is 9.47 Å². The molecule has 3 heterocycles. The van der Waals surface area contributed by atoms with E-state index in [4.69, 9.17) is 14.2 Å². The van der Waals surface area contributed by atoms with Crippen molar-refractivity contribution in [2.75, 3.05) is 59.2 Å². The molecule has 4 rings (SSSR count). The number of hydrogen-bond donors (Lipinski definition) is 1. The summed E-state index contributed by atoms with van der Waals surface area (Å²) in [4.78, 5) is 17.2. The summed E-state index contributed by atoms with van der Waals surface area (Å²) in [5, 5.41) is 11.1. The van der Waals surface area contributed by atoms with Crippen LogP contribution in [0.5, 0.6) is 11.5 Å². The second-order valence-corrected chi connectivity index (χ2v) is 7.80. The Morgan fingerprint density at radius 3 is 2.56 bits per heavy atom. The minimum Gasteiger partial charge on any atom is -0.486 e. The van der Waals surface area contributed by atoms with E-state index in [0.717, 1.165) is 31.5 Å². The summed E-state index contributed by atoms with van der Waals surface area (Å²) in [5.41, 5.74) is 0.389. The number of fused-ring (bicyclic) bond motifs is 1. The van der Waals surface area contributed by atoms with Crippen molar-refractivity contribution in [2.45, 2.75) is 25.4 Å². The van der Waals surface area contributed by atoms with Crippen LogP contribution in [0.4, 0.5) is 0 Å². The molecule has 0 aromatic heterocycles. The molecule has 27 heavy (non-hydrogen) atoms. The number of aliphatic hydroxyl groups is 1. The Morgan fingerprint density at radius 2 is 1.81 bits per heavy atom. The highest BCUT2D eigenvalue weighted by Crippen LogP contribution is 2.33. The van der Waals surface area contributed by atoms with Gasteiger partial charge in [-0.3, -0.25) is 4.79 Å². The van der Waals surface area contributed by atoms with E-state index in [2.05, 4.69) is 4.90 Å². The van der Waals surface area contributed by atoms with Crippen LogP contribution in [0.1, 0.15) is 28.8 Å². The van der Waals surface area contributed by atoms with Gasteiger partial charge < -0.3 is 29.1 Å². The van der Waals surface area contributed by atoms with Crippen molar-refractivity contribution in [3.05, 3.63) is 23.3 Å². The second-order valence-electron chi connectivity index (χ2n) is 7.80. The number of carbonyl (C=O) groups excluding carboxylic acids is 1. The zero-order valence-corrected chi connectivity index (χ0v) is 15.9. The van der Waals surface area contributed by atoms with Crippen LogP contribution >= 0.6 is 0 Å². The molecule has 0 aliphatic carbocycles. The van der Waals surface area contributed by atoms with E-state index < -0.39 is 5.60 Å². The van der Waals surface area contributed by atoms with Crippen molar-refractivity contribution in [1.82, 2.24) is 9.80 Å². The van der Waals surface area contributed by atoms with Crippen LogP contribution in [-0.4, -0.2) is 85.6 Å². The van der Waals surface area contributed by atoms with E-state index in [9.17, 15) is 9.90 Å². The average Bonchev–Trinajstić information content (AvgIpc) is 3.07. The van der Waals surface area contributed by atoms with Crippen molar-refractivity contribution in [3.63, 3.8) is 0 Å². The summed E-state index contributed by atoms with van der Waals surface area (Å²) in [6, 6.07) is 3.61. The molecule has 0 spiro atoms. The molecule has 1 atom stereocenters. The minimum absolute atomic E-state index is 0.102. The molecule has 2 saturated heterocycles. The zero-order valence-electron chi connectivity index (χ0n) is 15.9. The minimum atomic E-state index is -1.04. The van der Waals surface area contributed by atoms with Gasteiger partial charge in [0.05, 0.1) is 19.8 Å². The van der Waals surface area contributed by atoms with Gasteiger partial charge in [0, 0.05) is 18.7 Å². The van der Waals surface area contributed by atoms with Gasteiger partial charge in [-0.25, -0.2) is 0 Å². The first-order valence-electron chi connectivity index (χ1n) is 9.76. The highest BCUT2D eigenvalue weighted by molar-refractivity contribution is 5.96. The number of β-amino-alcohol motifs (C(OH)–C–C–N with tert-alkyl or cyclic N) is 1. The number of amides is 1. The van der Waals surface area contributed by atoms with E-state index in [1.54, 1.807) is 11.0 Å². The number of ether oxygens (including phenoxy) is 3. The van der Waals surface area contributed by atoms with Crippen LogP contribution in [0, 0.1) is 6.92 Å². The van der Waals surface area contributed by atoms with Crippen LogP contribution in [0.25, 0.3) is 0 Å². The lowest BCUT2D eigenvalue weighted by Crippen LogP contribution is -2.53. The molecule has 0 bridgehead atoms. The molecule has 1 N–H and O–H groups in total. The maximum Gasteiger partial charge on any atom is 0.254 e. The summed E-state index contributed by atoms with van der Waals surface area (Å²) in [6.07, 6.45) is 2.33. The molecule has 1 aromatic rings. The number of nitrogens with zero attached hydrogens (tertiary/aromatic N) is 2. The summed E-state index contributed by atoms with van der Waals surface area (Å²) in [6.45, 7) is 6.86. The topological polar surface area (TPSA) is 71.5 Å². The van der Waals surface area contributed by atoms with Gasteiger partial charge in [-0.1, -0.05) is 0 Å². The molecule has 1 amide bonds. The predicted molar refractivity (Wildman–Crippen MR) is 99.5 cm³/mol. The molecule has 1 aromatic carbocycles. The van der Waals surface area contributed by atoms with Crippen molar-refractivity contribution >= 4 is 5.91 Å². The Hall–Kier alpha value is -1.83. The lowest BCUT2D eigenvalue weighted by Gasteiger charge is -2.34. The van der Waals surface area contributed by atoms with E-state index >= 15 is 0 Å². The Labute approximate surface area is 159 Å². The average molecular weight is 376 g/mol. The summed E-state index contributed by atoms with van der Waals surface area (Å²) in [5.74, 6) is 1.18. The van der Waals surface area contributed by atoms with Gasteiger partial charge in [-0.15, -0.1) is 0 Å². The van der Waals surface area contributed by atoms with Crippen molar-refractivity contribution < 1.29 is 24.1 Å². The van der Waals surface area contributed by atoms with Crippen LogP contribution in [0.15, 0.2) is 12.1 Å². The summed E-state index contributed by atoms with van der Waals surface area (Å²) in [7, 11) is 0. The third kappa shape index (κ3) is 4.05. The van der Waals surface area contributed by atoms with Crippen molar-refractivity contribution in [1.29, 1.82) is 0 Å². The van der Waals surface area contributed by atoms with Gasteiger partial charge in [-0.2, -0.15) is 0 Å². The fourth-order valence-corrected chi connectivity index (χ4v) is 4.13. The third-order valence-electron chi connectivity index (χ3n) is 5.48. The molecule has 0 saturated carbocycles. The lowest BCUT2D eigenvalue weighted by atomic mass is 10.0. The van der Waals surface area contributed by atoms with Crippen LogP contribution in [-0.2, 0) is 4.74 Å². The van der Waals surface area contributed by atoms with Crippen molar-refractivity contribution in [3.8, 4) is 11.5 Å². The maximum atomic E-state index is 13.2. The second kappa shape index (κ2) is 7.66. The quantitative estimate of drug-likeness (QED) is 0.851. The van der Waals surface area contributed by atoms with E-state index in [1.807, 2.05) is 13.0 Å². The number of aryl methyl sites for hydroxylation is 1. The molecular weight excluding hydrogens is 348 g/mol. The first-order valence-corrected chi connectivity index (χ1v) is 9.76. The smallest absolute Gasteiger partial charge is 0.254 e. The number of hydrogen-bond acceptors (Lipinski definition) is 6. The maximum absolute atomic E-state index is 13.2. The van der Waals surface area contributed by atoms with E-state index in [1.165, 1.54) is 0 Å². The summed E-state index contributed by atoms with van der Waals surface area (Å²) < 4.78 is 16.9. The molecule has 2 fully saturated rings.